The van der Waals surface area contributed by atoms with Gasteiger partial charge in [-0.2, -0.15) is 0 Å². The Hall–Kier alpha value is -3.60. The molecule has 1 N–H and O–H groups in total. The van der Waals surface area contributed by atoms with Gasteiger partial charge in [-0.1, -0.05) is 48.5 Å². The SMILES string of the molecule is COC(=O)[C@@](C)(Cc1ccc(-n2c3ccccc3c3ccccc32)cc1)NC=O. The van der Waals surface area contributed by atoms with Gasteiger partial charge in [0.15, 0.2) is 0 Å². The van der Waals surface area contributed by atoms with Crippen molar-refractivity contribution in [3.8, 4) is 5.69 Å². The molecule has 1 atom stereocenters. The summed E-state index contributed by atoms with van der Waals surface area (Å²) in [4.78, 5) is 23.1. The molecule has 3 aromatic carbocycles. The lowest BCUT2D eigenvalue weighted by molar-refractivity contribution is -0.148. The quantitative estimate of drug-likeness (QED) is 0.402. The Labute approximate surface area is 168 Å². The standard InChI is InChI=1S/C24H22N2O3/c1-24(25-16-27,23(28)29-2)15-17-11-13-18(14-12-17)26-21-9-5-3-7-19(21)20-8-4-6-10-22(20)26/h3-14,16H,15H2,1-2H3,(H,25,27)/t24-/m1/s1. The largest absolute Gasteiger partial charge is 0.467 e. The maximum absolute atomic E-state index is 12.1. The topological polar surface area (TPSA) is 60.3 Å². The molecule has 5 heteroatoms. The highest BCUT2D eigenvalue weighted by Gasteiger charge is 2.34. The lowest BCUT2D eigenvalue weighted by atomic mass is 9.93. The molecular formula is C24H22N2O3. The van der Waals surface area contributed by atoms with Gasteiger partial charge in [0.1, 0.15) is 5.54 Å². The number of fused-ring (bicyclic) bond motifs is 3. The van der Waals surface area contributed by atoms with E-state index in [0.29, 0.717) is 12.8 Å². The van der Waals surface area contributed by atoms with E-state index in [2.05, 4.69) is 46.3 Å². The second-order valence-electron chi connectivity index (χ2n) is 7.30. The van der Waals surface area contributed by atoms with E-state index in [9.17, 15) is 9.59 Å². The van der Waals surface area contributed by atoms with Gasteiger partial charge >= 0.3 is 5.97 Å². The smallest absolute Gasteiger partial charge is 0.331 e. The zero-order valence-electron chi connectivity index (χ0n) is 16.4. The van der Waals surface area contributed by atoms with Crippen molar-refractivity contribution in [1.82, 2.24) is 9.88 Å². The third-order valence-electron chi connectivity index (χ3n) is 5.35. The highest BCUT2D eigenvalue weighted by molar-refractivity contribution is 6.09. The van der Waals surface area contributed by atoms with E-state index in [1.807, 2.05) is 36.4 Å². The molecule has 146 valence electrons. The van der Waals surface area contributed by atoms with Crippen molar-refractivity contribution >= 4 is 34.2 Å². The summed E-state index contributed by atoms with van der Waals surface area (Å²) in [6, 6.07) is 24.7. The van der Waals surface area contributed by atoms with Crippen LogP contribution < -0.4 is 5.32 Å². The molecular weight excluding hydrogens is 364 g/mol. The van der Waals surface area contributed by atoms with Crippen molar-refractivity contribution in [1.29, 1.82) is 0 Å². The number of hydrogen-bond acceptors (Lipinski definition) is 3. The molecule has 1 heterocycles. The van der Waals surface area contributed by atoms with E-state index in [1.165, 1.54) is 17.9 Å². The fourth-order valence-corrected chi connectivity index (χ4v) is 3.91. The number of carbonyl (C=O) groups excluding carboxylic acids is 2. The molecule has 0 aliphatic rings. The summed E-state index contributed by atoms with van der Waals surface area (Å²) in [5.74, 6) is -0.476. The first-order valence-electron chi connectivity index (χ1n) is 9.44. The van der Waals surface area contributed by atoms with Gasteiger partial charge in [-0.25, -0.2) is 4.79 Å². The first-order valence-corrected chi connectivity index (χ1v) is 9.44. The molecule has 1 amide bonds. The van der Waals surface area contributed by atoms with E-state index in [1.54, 1.807) is 6.92 Å². The van der Waals surface area contributed by atoms with Crippen LogP contribution in [-0.2, 0) is 20.7 Å². The monoisotopic (exact) mass is 386 g/mol. The highest BCUT2D eigenvalue weighted by Crippen LogP contribution is 2.31. The van der Waals surface area contributed by atoms with Gasteiger partial charge in [-0.3, -0.25) is 4.79 Å². The fraction of sp³-hybridized carbons (Fsp3) is 0.167. The molecule has 4 aromatic rings. The minimum absolute atomic E-state index is 0.339. The first-order chi connectivity index (χ1) is 14.1. The number of ether oxygens (including phenoxy) is 1. The number of benzene rings is 3. The van der Waals surface area contributed by atoms with Crippen LogP contribution in [0.2, 0.25) is 0 Å². The van der Waals surface area contributed by atoms with E-state index in [-0.39, 0.29) is 0 Å². The van der Waals surface area contributed by atoms with Gasteiger partial charge in [0.05, 0.1) is 18.1 Å². The van der Waals surface area contributed by atoms with Gasteiger partial charge in [-0.05, 0) is 36.8 Å². The molecule has 0 saturated carbocycles. The van der Waals surface area contributed by atoms with Crippen LogP contribution >= 0.6 is 0 Å². The van der Waals surface area contributed by atoms with Crippen molar-refractivity contribution < 1.29 is 14.3 Å². The molecule has 29 heavy (non-hydrogen) atoms. The number of para-hydroxylation sites is 2. The Morgan fingerprint density at radius 1 is 0.966 bits per heavy atom. The van der Waals surface area contributed by atoms with Crippen LogP contribution in [0.3, 0.4) is 0 Å². The van der Waals surface area contributed by atoms with Crippen LogP contribution in [0.1, 0.15) is 12.5 Å². The lowest BCUT2D eigenvalue weighted by Gasteiger charge is -2.26. The predicted octanol–water partition coefficient (Wildman–Crippen LogP) is 4.00. The summed E-state index contributed by atoms with van der Waals surface area (Å²) in [7, 11) is 1.32. The van der Waals surface area contributed by atoms with E-state index in [4.69, 9.17) is 4.74 Å². The number of carbonyl (C=O) groups is 2. The summed E-state index contributed by atoms with van der Waals surface area (Å²) in [6.07, 6.45) is 0.870. The van der Waals surface area contributed by atoms with Crippen LogP contribution in [0.25, 0.3) is 27.5 Å². The van der Waals surface area contributed by atoms with Gasteiger partial charge in [0.2, 0.25) is 6.41 Å². The van der Waals surface area contributed by atoms with E-state index >= 15 is 0 Å². The molecule has 0 aliphatic carbocycles. The third kappa shape index (κ3) is 3.25. The van der Waals surface area contributed by atoms with Crippen LogP contribution in [-0.4, -0.2) is 29.6 Å². The molecule has 4 rings (SSSR count). The second-order valence-corrected chi connectivity index (χ2v) is 7.30. The van der Waals surface area contributed by atoms with E-state index < -0.39 is 11.5 Å². The number of nitrogens with zero attached hydrogens (tertiary/aromatic N) is 1. The molecule has 0 spiro atoms. The van der Waals surface area contributed by atoms with Crippen LogP contribution in [0.5, 0.6) is 0 Å². The number of rotatable bonds is 6. The zero-order valence-corrected chi connectivity index (χ0v) is 16.4. The first kappa shape index (κ1) is 18.7. The minimum atomic E-state index is -1.11. The molecule has 0 unspecified atom stereocenters. The maximum atomic E-state index is 12.1. The van der Waals surface area contributed by atoms with Crippen molar-refractivity contribution in [2.24, 2.45) is 0 Å². The summed E-state index contributed by atoms with van der Waals surface area (Å²) in [6.45, 7) is 1.66. The molecule has 0 aliphatic heterocycles. The minimum Gasteiger partial charge on any atom is -0.467 e. The fourth-order valence-electron chi connectivity index (χ4n) is 3.91. The van der Waals surface area contributed by atoms with E-state index in [0.717, 1.165) is 22.3 Å². The number of esters is 1. The lowest BCUT2D eigenvalue weighted by Crippen LogP contribution is -2.51. The Kier molecular flexibility index (Phi) is 4.80. The number of hydrogen-bond donors (Lipinski definition) is 1. The van der Waals surface area contributed by atoms with Crippen molar-refractivity contribution in [3.63, 3.8) is 0 Å². The van der Waals surface area contributed by atoms with Crippen LogP contribution in [0, 0.1) is 0 Å². The molecule has 0 saturated heterocycles. The van der Waals surface area contributed by atoms with Crippen LogP contribution in [0.4, 0.5) is 0 Å². The molecule has 0 radical (unpaired) electrons. The Bertz CT molecular complexity index is 1140. The average molecular weight is 386 g/mol. The third-order valence-corrected chi connectivity index (χ3v) is 5.35. The van der Waals surface area contributed by atoms with Crippen molar-refractivity contribution in [3.05, 3.63) is 78.4 Å². The molecule has 1 aromatic heterocycles. The predicted molar refractivity (Wildman–Crippen MR) is 114 cm³/mol. The Morgan fingerprint density at radius 2 is 1.52 bits per heavy atom. The Balaban J connectivity index is 1.75. The normalized spacial score (nSPS) is 13.2. The number of aromatic nitrogens is 1. The van der Waals surface area contributed by atoms with Crippen molar-refractivity contribution in [2.75, 3.05) is 7.11 Å². The zero-order chi connectivity index (χ0) is 20.4. The van der Waals surface area contributed by atoms with Crippen LogP contribution in [0.15, 0.2) is 72.8 Å². The van der Waals surface area contributed by atoms with Crippen molar-refractivity contribution in [2.45, 2.75) is 18.9 Å². The highest BCUT2D eigenvalue weighted by atomic mass is 16.5. The Morgan fingerprint density at radius 3 is 2.03 bits per heavy atom. The maximum Gasteiger partial charge on any atom is 0.331 e. The number of nitrogens with one attached hydrogen (secondary N) is 1. The summed E-state index contributed by atoms with van der Waals surface area (Å²) >= 11 is 0. The summed E-state index contributed by atoms with van der Waals surface area (Å²) in [5, 5.41) is 5.01. The van der Waals surface area contributed by atoms with Gasteiger partial charge in [-0.15, -0.1) is 0 Å². The summed E-state index contributed by atoms with van der Waals surface area (Å²) < 4.78 is 7.09. The molecule has 0 fully saturated rings. The van der Waals surface area contributed by atoms with Gasteiger partial charge < -0.3 is 14.6 Å². The molecule has 0 bridgehead atoms. The summed E-state index contributed by atoms with van der Waals surface area (Å²) in [5.41, 5.74) is 3.14. The average Bonchev–Trinajstić information content (AvgIpc) is 3.08. The molecule has 5 nitrogen and oxygen atoms in total. The van der Waals surface area contributed by atoms with Gasteiger partial charge in [0, 0.05) is 22.9 Å². The number of amides is 1. The second kappa shape index (κ2) is 7.43. The van der Waals surface area contributed by atoms with Gasteiger partial charge in [0.25, 0.3) is 0 Å². The number of methoxy groups -OCH3 is 1.